The number of ether oxygens (including phenoxy) is 1. The molecule has 164 valence electrons. The number of unbranched alkanes of at least 4 members (excludes halogenated alkanes) is 1. The van der Waals surface area contributed by atoms with Gasteiger partial charge >= 0.3 is 0 Å². The Bertz CT molecular complexity index is 999. The maximum absolute atomic E-state index is 13.7. The first-order valence-corrected chi connectivity index (χ1v) is 11.7. The summed E-state index contributed by atoms with van der Waals surface area (Å²) in [5.74, 6) is 0.720. The first kappa shape index (κ1) is 20.2. The highest BCUT2D eigenvalue weighted by atomic mass is 16.5. The molecule has 31 heavy (non-hydrogen) atoms. The van der Waals surface area contributed by atoms with Gasteiger partial charge in [-0.05, 0) is 50.0 Å². The van der Waals surface area contributed by atoms with Crippen LogP contribution in [0.2, 0.25) is 0 Å². The third-order valence-electron chi connectivity index (χ3n) is 6.75. The summed E-state index contributed by atoms with van der Waals surface area (Å²) < 4.78 is 7.85. The number of pyridine rings is 1. The molecule has 2 unspecified atom stereocenters. The molecule has 0 bridgehead atoms. The Kier molecular flexibility index (Phi) is 5.47. The molecular formula is C25H31N3O3. The van der Waals surface area contributed by atoms with E-state index in [1.165, 1.54) is 18.4 Å². The van der Waals surface area contributed by atoms with Crippen LogP contribution in [0.4, 0.5) is 0 Å². The Morgan fingerprint density at radius 1 is 1.03 bits per heavy atom. The van der Waals surface area contributed by atoms with Crippen LogP contribution in [0.5, 0.6) is 5.75 Å². The third kappa shape index (κ3) is 3.73. The molecule has 2 aromatic rings. The average Bonchev–Trinajstić information content (AvgIpc) is 3.62. The van der Waals surface area contributed by atoms with Crippen LogP contribution in [-0.2, 0) is 0 Å². The zero-order valence-electron chi connectivity index (χ0n) is 18.2. The maximum Gasteiger partial charge on any atom is 0.278 e. The minimum Gasteiger partial charge on any atom is -0.487 e. The van der Waals surface area contributed by atoms with Crippen LogP contribution in [0.15, 0.2) is 47.4 Å². The molecule has 1 saturated heterocycles. The van der Waals surface area contributed by atoms with Crippen molar-refractivity contribution in [2.75, 3.05) is 18.2 Å². The molecular weight excluding hydrogens is 390 g/mol. The number of carbonyl (C=O) groups is 1. The number of rotatable bonds is 7. The fourth-order valence-corrected chi connectivity index (χ4v) is 4.96. The second-order valence-electron chi connectivity index (χ2n) is 9.02. The van der Waals surface area contributed by atoms with E-state index in [4.69, 9.17) is 4.74 Å². The fraction of sp³-hybridized carbons (Fsp3) is 0.520. The van der Waals surface area contributed by atoms with Crippen molar-refractivity contribution in [3.63, 3.8) is 0 Å². The number of hydrogen-bond donors (Lipinski definition) is 0. The van der Waals surface area contributed by atoms with Gasteiger partial charge < -0.3 is 9.64 Å². The second kappa shape index (κ2) is 8.40. The summed E-state index contributed by atoms with van der Waals surface area (Å²) in [5.41, 5.74) is 1.42. The summed E-state index contributed by atoms with van der Waals surface area (Å²) >= 11 is 0. The Labute approximate surface area is 183 Å². The zero-order valence-corrected chi connectivity index (χ0v) is 18.2. The highest BCUT2D eigenvalue weighted by molar-refractivity contribution is 5.96. The number of hydrogen-bond acceptors (Lipinski definition) is 4. The molecule has 2 atom stereocenters. The number of fused-ring (bicyclic) bond motifs is 3. The molecule has 6 heteroatoms. The van der Waals surface area contributed by atoms with Gasteiger partial charge in [0.15, 0.2) is 11.4 Å². The highest BCUT2D eigenvalue weighted by Gasteiger charge is 2.46. The summed E-state index contributed by atoms with van der Waals surface area (Å²) in [6.07, 6.45) is 9.00. The van der Waals surface area contributed by atoms with E-state index in [9.17, 15) is 9.59 Å². The van der Waals surface area contributed by atoms with Crippen molar-refractivity contribution in [1.29, 1.82) is 0 Å². The van der Waals surface area contributed by atoms with E-state index < -0.39 is 0 Å². The molecule has 5 rings (SSSR count). The van der Waals surface area contributed by atoms with Crippen LogP contribution in [0.3, 0.4) is 0 Å². The molecule has 3 aliphatic rings. The number of amides is 1. The van der Waals surface area contributed by atoms with Crippen LogP contribution in [0.1, 0.15) is 74.0 Å². The van der Waals surface area contributed by atoms with E-state index in [0.717, 1.165) is 38.6 Å². The summed E-state index contributed by atoms with van der Waals surface area (Å²) in [7, 11) is 0. The lowest BCUT2D eigenvalue weighted by Gasteiger charge is -2.52. The van der Waals surface area contributed by atoms with E-state index in [0.29, 0.717) is 18.2 Å². The van der Waals surface area contributed by atoms with Gasteiger partial charge in [0, 0.05) is 18.8 Å². The number of benzene rings is 1. The smallest absolute Gasteiger partial charge is 0.278 e. The van der Waals surface area contributed by atoms with Crippen molar-refractivity contribution in [1.82, 2.24) is 9.58 Å². The molecule has 1 aromatic carbocycles. The minimum absolute atomic E-state index is 0.00514. The fourth-order valence-electron chi connectivity index (χ4n) is 4.96. The van der Waals surface area contributed by atoms with Crippen LogP contribution in [0.25, 0.3) is 0 Å². The Balaban J connectivity index is 1.62. The van der Waals surface area contributed by atoms with Gasteiger partial charge in [-0.3, -0.25) is 19.3 Å². The van der Waals surface area contributed by atoms with E-state index in [1.807, 2.05) is 15.6 Å². The van der Waals surface area contributed by atoms with Crippen molar-refractivity contribution in [2.45, 2.75) is 64.1 Å². The number of nitrogens with zero attached hydrogens (tertiary/aromatic N) is 3. The van der Waals surface area contributed by atoms with Gasteiger partial charge in [0.05, 0.1) is 12.6 Å². The Morgan fingerprint density at radius 3 is 2.58 bits per heavy atom. The van der Waals surface area contributed by atoms with Gasteiger partial charge in [0.25, 0.3) is 5.91 Å². The first-order chi connectivity index (χ1) is 15.2. The normalized spacial score (nSPS) is 22.8. The second-order valence-corrected chi connectivity index (χ2v) is 9.02. The lowest BCUT2D eigenvalue weighted by atomic mass is 9.93. The van der Waals surface area contributed by atoms with Crippen molar-refractivity contribution in [3.8, 4) is 5.75 Å². The first-order valence-electron chi connectivity index (χ1n) is 11.7. The van der Waals surface area contributed by atoms with Crippen molar-refractivity contribution in [2.24, 2.45) is 5.92 Å². The quantitative estimate of drug-likeness (QED) is 0.632. The van der Waals surface area contributed by atoms with E-state index >= 15 is 0 Å². The summed E-state index contributed by atoms with van der Waals surface area (Å²) in [6, 6.07) is 12.2. The molecule has 1 aliphatic carbocycles. The largest absolute Gasteiger partial charge is 0.487 e. The molecule has 1 aromatic heterocycles. The molecule has 3 heterocycles. The van der Waals surface area contributed by atoms with E-state index in [2.05, 4.69) is 36.2 Å². The molecule has 6 nitrogen and oxygen atoms in total. The molecule has 2 aliphatic heterocycles. The maximum atomic E-state index is 13.7. The van der Waals surface area contributed by atoms with Crippen LogP contribution >= 0.6 is 0 Å². The topological polar surface area (TPSA) is 54.8 Å². The van der Waals surface area contributed by atoms with Gasteiger partial charge in [-0.2, -0.15) is 0 Å². The van der Waals surface area contributed by atoms with Gasteiger partial charge in [-0.15, -0.1) is 0 Å². The van der Waals surface area contributed by atoms with Crippen LogP contribution < -0.4 is 15.2 Å². The van der Waals surface area contributed by atoms with Gasteiger partial charge in [-0.1, -0.05) is 43.7 Å². The molecule has 0 N–H and O–H groups in total. The standard InChI is InChI=1S/C25H31N3O3/c1-2-3-16-31-24-21(29)14-15-27-23(24)25(30)26(17-18-12-13-18)22-11-7-10-20(28(22)27)19-8-5-4-6-9-19/h4-6,8-9,14-15,18,20,22H,2-3,7,10-13,16-17H2,1H3. The summed E-state index contributed by atoms with van der Waals surface area (Å²) in [4.78, 5) is 28.5. The Morgan fingerprint density at radius 2 is 1.84 bits per heavy atom. The van der Waals surface area contributed by atoms with Crippen molar-refractivity contribution in [3.05, 3.63) is 64.1 Å². The minimum atomic E-state index is -0.214. The van der Waals surface area contributed by atoms with Gasteiger partial charge in [0.2, 0.25) is 5.43 Å². The molecule has 2 fully saturated rings. The molecule has 0 radical (unpaired) electrons. The Hall–Kier alpha value is -2.76. The molecule has 0 spiro atoms. The predicted octanol–water partition coefficient (Wildman–Crippen LogP) is 4.08. The number of carbonyl (C=O) groups excluding carboxylic acids is 1. The number of piperidine rings is 1. The van der Waals surface area contributed by atoms with E-state index in [-0.39, 0.29) is 29.3 Å². The molecule has 1 amide bonds. The van der Waals surface area contributed by atoms with Crippen LogP contribution in [-0.4, -0.2) is 34.8 Å². The van der Waals surface area contributed by atoms with Crippen molar-refractivity contribution >= 4 is 5.91 Å². The number of aromatic nitrogens is 1. The monoisotopic (exact) mass is 421 g/mol. The molecule has 1 saturated carbocycles. The SMILES string of the molecule is CCCCOc1c2n(ccc1=O)N1C(c3ccccc3)CCCC1N(CC1CC1)C2=O. The van der Waals surface area contributed by atoms with Gasteiger partial charge in [0.1, 0.15) is 6.17 Å². The summed E-state index contributed by atoms with van der Waals surface area (Å²) in [5, 5.41) is 2.32. The highest BCUT2D eigenvalue weighted by Crippen LogP contribution is 2.40. The summed E-state index contributed by atoms with van der Waals surface area (Å²) in [6.45, 7) is 3.30. The van der Waals surface area contributed by atoms with Gasteiger partial charge in [-0.25, -0.2) is 0 Å². The van der Waals surface area contributed by atoms with Crippen LogP contribution in [0, 0.1) is 5.92 Å². The zero-order chi connectivity index (χ0) is 21.4. The van der Waals surface area contributed by atoms with E-state index in [1.54, 1.807) is 12.3 Å². The lowest BCUT2D eigenvalue weighted by Crippen LogP contribution is -2.64. The lowest BCUT2D eigenvalue weighted by molar-refractivity contribution is 0.0458. The third-order valence-corrected chi connectivity index (χ3v) is 6.75. The van der Waals surface area contributed by atoms with Crippen molar-refractivity contribution < 1.29 is 9.53 Å². The average molecular weight is 422 g/mol. The predicted molar refractivity (Wildman–Crippen MR) is 120 cm³/mol.